The van der Waals surface area contributed by atoms with E-state index in [-0.39, 0.29) is 5.91 Å². The summed E-state index contributed by atoms with van der Waals surface area (Å²) in [6.45, 7) is 2.83. The Bertz CT molecular complexity index is 848. The molecule has 114 valence electrons. The Morgan fingerprint density at radius 1 is 0.957 bits per heavy atom. The van der Waals surface area contributed by atoms with Crippen LogP contribution in [0.5, 0.6) is 0 Å². The molecule has 0 spiro atoms. The van der Waals surface area contributed by atoms with Gasteiger partial charge in [-0.3, -0.25) is 4.79 Å². The van der Waals surface area contributed by atoms with E-state index in [1.807, 2.05) is 58.3 Å². The molecule has 0 aliphatic carbocycles. The summed E-state index contributed by atoms with van der Waals surface area (Å²) in [7, 11) is 0. The number of anilines is 1. The van der Waals surface area contributed by atoms with Gasteiger partial charge >= 0.3 is 0 Å². The Balaban J connectivity index is 1.64. The van der Waals surface area contributed by atoms with Gasteiger partial charge < -0.3 is 9.47 Å². The number of hydrogen-bond acceptors (Lipinski definition) is 1. The van der Waals surface area contributed by atoms with Crippen LogP contribution in [0.15, 0.2) is 67.0 Å². The van der Waals surface area contributed by atoms with E-state index >= 15 is 0 Å². The maximum absolute atomic E-state index is 12.9. The molecule has 2 aromatic carbocycles. The van der Waals surface area contributed by atoms with Gasteiger partial charge in [0.25, 0.3) is 5.91 Å². The summed E-state index contributed by atoms with van der Waals surface area (Å²) in [6.07, 6.45) is 4.93. The molecule has 2 heterocycles. The third kappa shape index (κ3) is 2.34. The van der Waals surface area contributed by atoms with Gasteiger partial charge in [-0.1, -0.05) is 18.2 Å². The van der Waals surface area contributed by atoms with Gasteiger partial charge in [-0.25, -0.2) is 0 Å². The van der Waals surface area contributed by atoms with Crippen molar-refractivity contribution in [3.63, 3.8) is 0 Å². The first-order valence-corrected chi connectivity index (χ1v) is 7.88. The van der Waals surface area contributed by atoms with Gasteiger partial charge in [0, 0.05) is 30.2 Å². The molecule has 23 heavy (non-hydrogen) atoms. The minimum Gasteiger partial charge on any atom is -0.324 e. The highest BCUT2D eigenvalue weighted by molar-refractivity contribution is 6.07. The molecule has 1 aliphatic heterocycles. The molecule has 0 saturated heterocycles. The number of carbonyl (C=O) groups is 1. The topological polar surface area (TPSA) is 25.2 Å². The summed E-state index contributed by atoms with van der Waals surface area (Å²) < 4.78 is 2.03. The number of amides is 1. The smallest absolute Gasteiger partial charge is 0.258 e. The number of para-hydroxylation sites is 1. The Morgan fingerprint density at radius 3 is 2.43 bits per heavy atom. The SMILES string of the molecule is Cc1cccc2c1N(C(=O)c1ccc(-n3cccc3)cc1)CC2. The first kappa shape index (κ1) is 13.8. The Hall–Kier alpha value is -2.81. The predicted octanol–water partition coefficient (Wildman–Crippen LogP) is 3.99. The maximum atomic E-state index is 12.9. The van der Waals surface area contributed by atoms with Crippen LogP contribution < -0.4 is 4.90 Å². The molecule has 0 radical (unpaired) electrons. The lowest BCUT2D eigenvalue weighted by atomic mass is 10.1. The van der Waals surface area contributed by atoms with Crippen molar-refractivity contribution in [3.8, 4) is 5.69 Å². The van der Waals surface area contributed by atoms with Crippen molar-refractivity contribution in [2.45, 2.75) is 13.3 Å². The summed E-state index contributed by atoms with van der Waals surface area (Å²) in [6, 6.07) is 18.0. The normalized spacial score (nSPS) is 13.2. The van der Waals surface area contributed by atoms with Crippen LogP contribution in [-0.2, 0) is 6.42 Å². The number of benzene rings is 2. The Morgan fingerprint density at radius 2 is 1.70 bits per heavy atom. The third-order valence-corrected chi connectivity index (χ3v) is 4.46. The highest BCUT2D eigenvalue weighted by Gasteiger charge is 2.26. The van der Waals surface area contributed by atoms with E-state index in [1.54, 1.807) is 0 Å². The molecule has 0 N–H and O–H groups in total. The van der Waals surface area contributed by atoms with Crippen LogP contribution in [0.1, 0.15) is 21.5 Å². The summed E-state index contributed by atoms with van der Waals surface area (Å²) in [5.74, 6) is 0.0807. The molecule has 0 bridgehead atoms. The van der Waals surface area contributed by atoms with Crippen LogP contribution in [0.4, 0.5) is 5.69 Å². The number of aryl methyl sites for hydroxylation is 1. The third-order valence-electron chi connectivity index (χ3n) is 4.46. The van der Waals surface area contributed by atoms with Crippen LogP contribution >= 0.6 is 0 Å². The molecule has 4 rings (SSSR count). The average Bonchev–Trinajstić information content (AvgIpc) is 3.25. The van der Waals surface area contributed by atoms with E-state index in [0.29, 0.717) is 0 Å². The summed E-state index contributed by atoms with van der Waals surface area (Å²) in [5.41, 5.74) is 5.31. The first-order valence-electron chi connectivity index (χ1n) is 7.88. The fourth-order valence-corrected chi connectivity index (χ4v) is 3.29. The number of rotatable bonds is 2. The zero-order valence-electron chi connectivity index (χ0n) is 13.1. The second-order valence-electron chi connectivity index (χ2n) is 5.93. The van der Waals surface area contributed by atoms with Crippen molar-refractivity contribution >= 4 is 11.6 Å². The van der Waals surface area contributed by atoms with Gasteiger partial charge in [0.15, 0.2) is 0 Å². The molecule has 3 aromatic rings. The van der Waals surface area contributed by atoms with Gasteiger partial charge in [0.1, 0.15) is 0 Å². The highest BCUT2D eigenvalue weighted by Crippen LogP contribution is 2.32. The summed E-state index contributed by atoms with van der Waals surface area (Å²) >= 11 is 0. The van der Waals surface area contributed by atoms with Gasteiger partial charge in [0.05, 0.1) is 5.69 Å². The molecule has 1 aliphatic rings. The lowest BCUT2D eigenvalue weighted by Crippen LogP contribution is -2.29. The zero-order chi connectivity index (χ0) is 15.8. The predicted molar refractivity (Wildman–Crippen MR) is 92.3 cm³/mol. The Kier molecular flexibility index (Phi) is 3.27. The lowest BCUT2D eigenvalue weighted by molar-refractivity contribution is 0.0989. The van der Waals surface area contributed by atoms with Crippen LogP contribution in [0, 0.1) is 6.92 Å². The molecule has 0 saturated carbocycles. The minimum absolute atomic E-state index is 0.0807. The fourth-order valence-electron chi connectivity index (χ4n) is 3.29. The van der Waals surface area contributed by atoms with Crippen LogP contribution in [-0.4, -0.2) is 17.0 Å². The van der Waals surface area contributed by atoms with Crippen molar-refractivity contribution in [1.29, 1.82) is 0 Å². The molecule has 3 nitrogen and oxygen atoms in total. The Labute approximate surface area is 135 Å². The highest BCUT2D eigenvalue weighted by atomic mass is 16.2. The van der Waals surface area contributed by atoms with Crippen LogP contribution in [0.25, 0.3) is 5.69 Å². The average molecular weight is 302 g/mol. The number of nitrogens with zero attached hydrogens (tertiary/aromatic N) is 2. The van der Waals surface area contributed by atoms with Crippen molar-refractivity contribution in [3.05, 3.63) is 83.7 Å². The number of hydrogen-bond donors (Lipinski definition) is 0. The molecule has 1 aromatic heterocycles. The van der Waals surface area contributed by atoms with Gasteiger partial charge in [0.2, 0.25) is 0 Å². The van der Waals surface area contributed by atoms with Gasteiger partial charge in [-0.2, -0.15) is 0 Å². The van der Waals surface area contributed by atoms with Crippen molar-refractivity contribution in [1.82, 2.24) is 4.57 Å². The summed E-state index contributed by atoms with van der Waals surface area (Å²) in [4.78, 5) is 14.8. The largest absolute Gasteiger partial charge is 0.324 e. The van der Waals surface area contributed by atoms with E-state index in [1.165, 1.54) is 5.56 Å². The number of fused-ring (bicyclic) bond motifs is 1. The van der Waals surface area contributed by atoms with Crippen LogP contribution in [0.2, 0.25) is 0 Å². The van der Waals surface area contributed by atoms with Crippen molar-refractivity contribution in [2.24, 2.45) is 0 Å². The van der Waals surface area contributed by atoms with E-state index in [2.05, 4.69) is 25.1 Å². The van der Waals surface area contributed by atoms with Gasteiger partial charge in [-0.15, -0.1) is 0 Å². The second kappa shape index (κ2) is 5.43. The molecular formula is C20H18N2O. The van der Waals surface area contributed by atoms with Crippen LogP contribution in [0.3, 0.4) is 0 Å². The molecule has 0 atom stereocenters. The first-order chi connectivity index (χ1) is 11.2. The van der Waals surface area contributed by atoms with E-state index in [0.717, 1.165) is 35.5 Å². The summed E-state index contributed by atoms with van der Waals surface area (Å²) in [5, 5.41) is 0. The quantitative estimate of drug-likeness (QED) is 0.702. The van der Waals surface area contributed by atoms with E-state index < -0.39 is 0 Å². The fraction of sp³-hybridized carbons (Fsp3) is 0.150. The van der Waals surface area contributed by atoms with Crippen molar-refractivity contribution < 1.29 is 4.79 Å². The van der Waals surface area contributed by atoms with E-state index in [4.69, 9.17) is 0 Å². The zero-order valence-corrected chi connectivity index (χ0v) is 13.1. The maximum Gasteiger partial charge on any atom is 0.258 e. The number of carbonyl (C=O) groups excluding carboxylic acids is 1. The molecule has 1 amide bonds. The van der Waals surface area contributed by atoms with Crippen molar-refractivity contribution in [2.75, 3.05) is 11.4 Å². The van der Waals surface area contributed by atoms with Gasteiger partial charge in [-0.05, 0) is 60.9 Å². The molecule has 0 unspecified atom stereocenters. The molecular weight excluding hydrogens is 284 g/mol. The van der Waals surface area contributed by atoms with E-state index in [9.17, 15) is 4.79 Å². The molecule has 0 fully saturated rings. The molecule has 3 heteroatoms. The monoisotopic (exact) mass is 302 g/mol. The number of aromatic nitrogens is 1. The minimum atomic E-state index is 0.0807. The second-order valence-corrected chi connectivity index (χ2v) is 5.93. The standard InChI is InChI=1S/C20H18N2O/c1-15-5-4-6-16-11-14-22(19(15)16)20(23)17-7-9-18(10-8-17)21-12-2-3-13-21/h2-10,12-13H,11,14H2,1H3. The lowest BCUT2D eigenvalue weighted by Gasteiger charge is -2.19.